The van der Waals surface area contributed by atoms with Gasteiger partial charge in [0.15, 0.2) is 5.96 Å². The van der Waals surface area contributed by atoms with Crippen molar-refractivity contribution >= 4 is 29.9 Å². The monoisotopic (exact) mass is 409 g/mol. The summed E-state index contributed by atoms with van der Waals surface area (Å²) in [6.45, 7) is 8.87. The van der Waals surface area contributed by atoms with Crippen LogP contribution in [0.1, 0.15) is 20.8 Å². The molecule has 0 saturated heterocycles. The van der Waals surface area contributed by atoms with Gasteiger partial charge in [-0.05, 0) is 5.41 Å². The second-order valence-corrected chi connectivity index (χ2v) is 5.77. The highest BCUT2D eigenvalue weighted by atomic mass is 127. The van der Waals surface area contributed by atoms with E-state index < -0.39 is 0 Å². The van der Waals surface area contributed by atoms with Crippen LogP contribution in [0, 0.1) is 5.41 Å². The van der Waals surface area contributed by atoms with Crippen LogP contribution in [-0.2, 0) is 11.3 Å². The van der Waals surface area contributed by atoms with E-state index in [0.717, 1.165) is 25.6 Å². The van der Waals surface area contributed by atoms with Gasteiger partial charge in [0.05, 0.1) is 12.4 Å². The van der Waals surface area contributed by atoms with Crippen LogP contribution in [0.2, 0.25) is 0 Å². The first kappa shape index (κ1) is 20.2. The van der Waals surface area contributed by atoms with Gasteiger partial charge < -0.3 is 19.9 Å². The molecular weight excluding hydrogens is 381 g/mol. The first-order chi connectivity index (χ1) is 9.47. The lowest BCUT2D eigenvalue weighted by molar-refractivity contribution is 0.0205. The summed E-state index contributed by atoms with van der Waals surface area (Å²) in [6, 6.07) is 0. The van der Waals surface area contributed by atoms with Gasteiger partial charge >= 0.3 is 0 Å². The van der Waals surface area contributed by atoms with Gasteiger partial charge in [-0.1, -0.05) is 20.8 Å². The van der Waals surface area contributed by atoms with Gasteiger partial charge in [-0.15, -0.1) is 24.0 Å². The molecule has 0 aliphatic rings. The van der Waals surface area contributed by atoms with Crippen LogP contribution >= 0.6 is 24.0 Å². The quantitative estimate of drug-likeness (QED) is 0.427. The molecule has 1 atom stereocenters. The number of methoxy groups -OCH3 is 1. The maximum atomic E-state index is 5.52. The molecule has 0 saturated carbocycles. The average molecular weight is 409 g/mol. The van der Waals surface area contributed by atoms with Gasteiger partial charge in [-0.3, -0.25) is 4.99 Å². The zero-order chi connectivity index (χ0) is 15.0. The predicted molar refractivity (Wildman–Crippen MR) is 97.3 cm³/mol. The van der Waals surface area contributed by atoms with E-state index in [2.05, 4.69) is 41.4 Å². The molecule has 0 aromatic carbocycles. The largest absolute Gasteiger partial charge is 0.379 e. The second-order valence-electron chi connectivity index (χ2n) is 5.77. The highest BCUT2D eigenvalue weighted by Crippen LogP contribution is 2.20. The van der Waals surface area contributed by atoms with Crippen molar-refractivity contribution in [2.75, 3.05) is 27.2 Å². The van der Waals surface area contributed by atoms with Crippen LogP contribution < -0.4 is 10.6 Å². The Bertz CT molecular complexity index is 400. The molecule has 122 valence electrons. The molecule has 1 rings (SSSR count). The van der Waals surface area contributed by atoms with Crippen molar-refractivity contribution in [2.24, 2.45) is 10.4 Å². The van der Waals surface area contributed by atoms with E-state index in [1.807, 2.05) is 10.8 Å². The summed E-state index contributed by atoms with van der Waals surface area (Å²) in [4.78, 5) is 8.22. The Morgan fingerprint density at radius 2 is 2.10 bits per heavy atom. The molecule has 0 spiro atoms. The number of imidazole rings is 1. The summed E-state index contributed by atoms with van der Waals surface area (Å²) in [5, 5.41) is 6.57. The molecule has 1 aromatic rings. The number of guanidine groups is 1. The van der Waals surface area contributed by atoms with E-state index in [0.29, 0.717) is 0 Å². The average Bonchev–Trinajstić information content (AvgIpc) is 2.88. The molecule has 1 unspecified atom stereocenters. The third-order valence-electron chi connectivity index (χ3n) is 3.15. The second kappa shape index (κ2) is 9.99. The van der Waals surface area contributed by atoms with Crippen LogP contribution in [-0.4, -0.2) is 48.9 Å². The maximum Gasteiger partial charge on any atom is 0.191 e. The first-order valence-corrected chi connectivity index (χ1v) is 6.90. The Balaban J connectivity index is 0.00000400. The zero-order valence-electron chi connectivity index (χ0n) is 13.6. The van der Waals surface area contributed by atoms with E-state index in [9.17, 15) is 0 Å². The van der Waals surface area contributed by atoms with Crippen molar-refractivity contribution in [1.82, 2.24) is 20.2 Å². The minimum atomic E-state index is 0. The Labute approximate surface area is 144 Å². The summed E-state index contributed by atoms with van der Waals surface area (Å²) in [5.41, 5.74) is 0.0947. The molecule has 0 fully saturated rings. The van der Waals surface area contributed by atoms with Crippen LogP contribution in [0.5, 0.6) is 0 Å². The Hall–Kier alpha value is -0.830. The fraction of sp³-hybridized carbons (Fsp3) is 0.714. The standard InChI is InChI=1S/C14H27N5O.HI/c1-14(2,3)12(20-5)10-18-13(15-4)17-7-9-19-8-6-16-11-19;/h6,8,11-12H,7,9-10H2,1-5H3,(H2,15,17,18);1H. The molecule has 1 aromatic heterocycles. The number of ether oxygens (including phenoxy) is 1. The molecular formula is C14H28IN5O. The third kappa shape index (κ3) is 7.66. The SMILES string of the molecule is CN=C(NCCn1ccnc1)NCC(OC)C(C)(C)C.I. The lowest BCUT2D eigenvalue weighted by Gasteiger charge is -2.30. The maximum absolute atomic E-state index is 5.52. The van der Waals surface area contributed by atoms with E-state index in [-0.39, 0.29) is 35.5 Å². The fourth-order valence-electron chi connectivity index (χ4n) is 1.88. The smallest absolute Gasteiger partial charge is 0.191 e. The molecule has 6 nitrogen and oxygen atoms in total. The number of hydrogen-bond donors (Lipinski definition) is 2. The molecule has 0 aliphatic carbocycles. The molecule has 2 N–H and O–H groups in total. The summed E-state index contributed by atoms with van der Waals surface area (Å²) >= 11 is 0. The van der Waals surface area contributed by atoms with E-state index in [1.165, 1.54) is 0 Å². The number of hydrogen-bond acceptors (Lipinski definition) is 3. The number of nitrogens with zero attached hydrogens (tertiary/aromatic N) is 3. The Morgan fingerprint density at radius 1 is 1.38 bits per heavy atom. The van der Waals surface area contributed by atoms with Gasteiger partial charge in [-0.2, -0.15) is 0 Å². The molecule has 1 heterocycles. The zero-order valence-corrected chi connectivity index (χ0v) is 15.9. The van der Waals surface area contributed by atoms with Crippen molar-refractivity contribution in [3.8, 4) is 0 Å². The van der Waals surface area contributed by atoms with Gasteiger partial charge in [0, 0.05) is 46.2 Å². The van der Waals surface area contributed by atoms with Crippen molar-refractivity contribution in [1.29, 1.82) is 0 Å². The molecule has 21 heavy (non-hydrogen) atoms. The van der Waals surface area contributed by atoms with Crippen molar-refractivity contribution < 1.29 is 4.74 Å². The number of aromatic nitrogens is 2. The Kier molecular flexibility index (Phi) is 9.60. The van der Waals surface area contributed by atoms with Gasteiger partial charge in [0.25, 0.3) is 0 Å². The number of halogens is 1. The highest BCUT2D eigenvalue weighted by Gasteiger charge is 2.24. The third-order valence-corrected chi connectivity index (χ3v) is 3.15. The van der Waals surface area contributed by atoms with Gasteiger partial charge in [-0.25, -0.2) is 4.98 Å². The lowest BCUT2D eigenvalue weighted by Crippen LogP contribution is -2.45. The number of nitrogens with one attached hydrogen (secondary N) is 2. The fourth-order valence-corrected chi connectivity index (χ4v) is 1.88. The van der Waals surface area contributed by atoms with Crippen LogP contribution in [0.3, 0.4) is 0 Å². The van der Waals surface area contributed by atoms with Crippen molar-refractivity contribution in [2.45, 2.75) is 33.4 Å². The minimum absolute atomic E-state index is 0. The number of aliphatic imine (C=N–C) groups is 1. The minimum Gasteiger partial charge on any atom is -0.379 e. The van der Waals surface area contributed by atoms with E-state index in [4.69, 9.17) is 4.74 Å². The molecule has 0 bridgehead atoms. The summed E-state index contributed by atoms with van der Waals surface area (Å²) in [6.07, 6.45) is 5.66. The first-order valence-electron chi connectivity index (χ1n) is 6.90. The van der Waals surface area contributed by atoms with Gasteiger partial charge in [0.1, 0.15) is 0 Å². The summed E-state index contributed by atoms with van der Waals surface area (Å²) < 4.78 is 7.54. The lowest BCUT2D eigenvalue weighted by atomic mass is 9.89. The van der Waals surface area contributed by atoms with E-state index in [1.54, 1.807) is 26.7 Å². The van der Waals surface area contributed by atoms with Crippen LogP contribution in [0.4, 0.5) is 0 Å². The Morgan fingerprint density at radius 3 is 2.57 bits per heavy atom. The highest BCUT2D eigenvalue weighted by molar-refractivity contribution is 14.0. The van der Waals surface area contributed by atoms with Gasteiger partial charge in [0.2, 0.25) is 0 Å². The van der Waals surface area contributed by atoms with Crippen LogP contribution in [0.15, 0.2) is 23.7 Å². The normalized spacial score (nSPS) is 13.5. The number of rotatable bonds is 6. The summed E-state index contributed by atoms with van der Waals surface area (Å²) in [7, 11) is 3.51. The molecule has 0 aliphatic heterocycles. The predicted octanol–water partition coefficient (Wildman–Crippen LogP) is 1.73. The molecule has 7 heteroatoms. The summed E-state index contributed by atoms with van der Waals surface area (Å²) in [5.74, 6) is 0.788. The van der Waals surface area contributed by atoms with Crippen molar-refractivity contribution in [3.05, 3.63) is 18.7 Å². The van der Waals surface area contributed by atoms with Crippen molar-refractivity contribution in [3.63, 3.8) is 0 Å². The molecule has 0 radical (unpaired) electrons. The van der Waals surface area contributed by atoms with Crippen LogP contribution in [0.25, 0.3) is 0 Å². The topological polar surface area (TPSA) is 63.5 Å². The van der Waals surface area contributed by atoms with E-state index >= 15 is 0 Å². The molecule has 0 amide bonds.